The second-order valence-electron chi connectivity index (χ2n) is 9.08. The van der Waals surface area contributed by atoms with Crippen LogP contribution in [0.15, 0.2) is 103 Å². The Balaban J connectivity index is 1.52. The van der Waals surface area contributed by atoms with E-state index >= 15 is 0 Å². The number of aromatic nitrogens is 2. The van der Waals surface area contributed by atoms with Crippen molar-refractivity contribution in [1.29, 1.82) is 0 Å². The second kappa shape index (κ2) is 8.80. The summed E-state index contributed by atoms with van der Waals surface area (Å²) in [5, 5.41) is 0.777. The molecule has 0 saturated carbocycles. The number of pyridine rings is 2. The first-order valence-corrected chi connectivity index (χ1v) is 11.9. The van der Waals surface area contributed by atoms with Crippen LogP contribution in [-0.2, 0) is 6.42 Å². The summed E-state index contributed by atoms with van der Waals surface area (Å²) in [5.74, 6) is 0.00332. The zero-order chi connectivity index (χ0) is 23.8. The SMILES string of the molecule is Cc1cccc(C2c3ccccc3CCN2C(=O)c2cc(-c3ccccc3)nc3ccncc23)c1. The summed E-state index contributed by atoms with van der Waals surface area (Å²) < 4.78 is 0. The molecule has 1 aliphatic rings. The number of hydrogen-bond acceptors (Lipinski definition) is 3. The maximum atomic E-state index is 14.3. The van der Waals surface area contributed by atoms with E-state index in [1.165, 1.54) is 16.7 Å². The van der Waals surface area contributed by atoms with Gasteiger partial charge in [-0.25, -0.2) is 4.98 Å². The predicted octanol–water partition coefficient (Wildman–Crippen LogP) is 6.39. The molecule has 3 aromatic carbocycles. The van der Waals surface area contributed by atoms with Crippen LogP contribution in [0.3, 0.4) is 0 Å². The molecule has 0 aliphatic carbocycles. The highest BCUT2D eigenvalue weighted by Crippen LogP contribution is 2.37. The monoisotopic (exact) mass is 455 g/mol. The van der Waals surface area contributed by atoms with Gasteiger partial charge < -0.3 is 4.90 Å². The number of carbonyl (C=O) groups excluding carboxylic acids is 1. The minimum Gasteiger partial charge on any atom is -0.327 e. The van der Waals surface area contributed by atoms with Gasteiger partial charge in [-0.3, -0.25) is 9.78 Å². The fraction of sp³-hybridized carbons (Fsp3) is 0.129. The van der Waals surface area contributed by atoms with Gasteiger partial charge in [0.1, 0.15) is 0 Å². The minimum atomic E-state index is -0.146. The van der Waals surface area contributed by atoms with E-state index in [2.05, 4.69) is 60.4 Å². The summed E-state index contributed by atoms with van der Waals surface area (Å²) >= 11 is 0. The zero-order valence-corrected chi connectivity index (χ0v) is 19.6. The lowest BCUT2D eigenvalue weighted by Gasteiger charge is -2.38. The summed E-state index contributed by atoms with van der Waals surface area (Å²) in [6.07, 6.45) is 4.31. The molecule has 5 aromatic rings. The first-order valence-electron chi connectivity index (χ1n) is 11.9. The van der Waals surface area contributed by atoms with E-state index < -0.39 is 0 Å². The summed E-state index contributed by atoms with van der Waals surface area (Å²) in [7, 11) is 0. The van der Waals surface area contributed by atoms with Crippen LogP contribution < -0.4 is 0 Å². The number of hydrogen-bond donors (Lipinski definition) is 0. The van der Waals surface area contributed by atoms with Gasteiger partial charge in [0, 0.05) is 29.9 Å². The molecule has 2 aromatic heterocycles. The quantitative estimate of drug-likeness (QED) is 0.317. The number of benzene rings is 3. The van der Waals surface area contributed by atoms with Crippen molar-refractivity contribution >= 4 is 16.8 Å². The molecule has 35 heavy (non-hydrogen) atoms. The molecule has 0 spiro atoms. The third kappa shape index (κ3) is 3.87. The summed E-state index contributed by atoms with van der Waals surface area (Å²) in [4.78, 5) is 25.5. The van der Waals surface area contributed by atoms with Gasteiger partial charge in [-0.05, 0) is 42.2 Å². The Morgan fingerprint density at radius 2 is 1.74 bits per heavy atom. The molecule has 1 aliphatic heterocycles. The number of carbonyl (C=O) groups is 1. The molecular weight excluding hydrogens is 430 g/mol. The lowest BCUT2D eigenvalue weighted by Crippen LogP contribution is -2.40. The van der Waals surface area contributed by atoms with Crippen LogP contribution in [0.1, 0.15) is 38.7 Å². The molecule has 3 heterocycles. The molecule has 1 unspecified atom stereocenters. The van der Waals surface area contributed by atoms with E-state index in [-0.39, 0.29) is 11.9 Å². The standard InChI is InChI=1S/C31H25N3O/c1-21-8-7-12-24(18-21)30-25-13-6-5-9-22(25)15-17-34(30)31(35)26-19-29(23-10-3-2-4-11-23)33-28-14-16-32-20-27(26)28/h2-14,16,18-20,30H,15,17H2,1H3. The van der Waals surface area contributed by atoms with Gasteiger partial charge in [-0.1, -0.05) is 84.4 Å². The first-order chi connectivity index (χ1) is 17.2. The van der Waals surface area contributed by atoms with Gasteiger partial charge >= 0.3 is 0 Å². The Morgan fingerprint density at radius 3 is 2.60 bits per heavy atom. The van der Waals surface area contributed by atoms with E-state index in [1.807, 2.05) is 47.4 Å². The fourth-order valence-electron chi connectivity index (χ4n) is 5.14. The molecule has 170 valence electrons. The summed E-state index contributed by atoms with van der Waals surface area (Å²) in [6, 6.07) is 30.6. The largest absolute Gasteiger partial charge is 0.327 e. The van der Waals surface area contributed by atoms with Gasteiger partial charge in [-0.2, -0.15) is 0 Å². The Morgan fingerprint density at radius 1 is 0.914 bits per heavy atom. The average Bonchev–Trinajstić information content (AvgIpc) is 2.92. The number of nitrogens with zero attached hydrogens (tertiary/aromatic N) is 3. The van der Waals surface area contributed by atoms with E-state index in [9.17, 15) is 4.79 Å². The lowest BCUT2D eigenvalue weighted by atomic mass is 9.87. The molecule has 0 fully saturated rings. The highest BCUT2D eigenvalue weighted by molar-refractivity contribution is 6.07. The molecule has 0 bridgehead atoms. The number of fused-ring (bicyclic) bond motifs is 2. The highest BCUT2D eigenvalue weighted by atomic mass is 16.2. The molecule has 1 atom stereocenters. The molecule has 1 amide bonds. The van der Waals surface area contributed by atoms with Crippen molar-refractivity contribution in [3.63, 3.8) is 0 Å². The first kappa shape index (κ1) is 21.2. The topological polar surface area (TPSA) is 46.1 Å². The Labute approximate surface area is 204 Å². The van der Waals surface area contributed by atoms with Gasteiger partial charge in [-0.15, -0.1) is 0 Å². The summed E-state index contributed by atoms with van der Waals surface area (Å²) in [5.41, 5.74) is 7.99. The Kier molecular flexibility index (Phi) is 5.34. The van der Waals surface area contributed by atoms with Crippen LogP contribution in [0.5, 0.6) is 0 Å². The number of aryl methyl sites for hydroxylation is 1. The fourth-order valence-corrected chi connectivity index (χ4v) is 5.14. The van der Waals surface area contributed by atoms with Crippen molar-refractivity contribution < 1.29 is 4.79 Å². The van der Waals surface area contributed by atoms with Crippen LogP contribution >= 0.6 is 0 Å². The van der Waals surface area contributed by atoms with Crippen molar-refractivity contribution in [1.82, 2.24) is 14.9 Å². The van der Waals surface area contributed by atoms with Crippen molar-refractivity contribution in [2.24, 2.45) is 0 Å². The van der Waals surface area contributed by atoms with Crippen LogP contribution in [0.2, 0.25) is 0 Å². The van der Waals surface area contributed by atoms with Crippen molar-refractivity contribution in [2.75, 3.05) is 6.54 Å². The van der Waals surface area contributed by atoms with Crippen molar-refractivity contribution in [3.05, 3.63) is 131 Å². The van der Waals surface area contributed by atoms with Crippen LogP contribution in [0, 0.1) is 6.92 Å². The maximum absolute atomic E-state index is 14.3. The van der Waals surface area contributed by atoms with Gasteiger partial charge in [0.2, 0.25) is 0 Å². The van der Waals surface area contributed by atoms with E-state index in [1.54, 1.807) is 12.4 Å². The Hall–Kier alpha value is -4.31. The third-order valence-corrected chi connectivity index (χ3v) is 6.81. The van der Waals surface area contributed by atoms with E-state index in [0.29, 0.717) is 12.1 Å². The normalized spacial score (nSPS) is 15.1. The maximum Gasteiger partial charge on any atom is 0.255 e. The summed E-state index contributed by atoms with van der Waals surface area (Å²) in [6.45, 7) is 2.75. The van der Waals surface area contributed by atoms with E-state index in [0.717, 1.165) is 34.1 Å². The molecule has 0 saturated heterocycles. The smallest absolute Gasteiger partial charge is 0.255 e. The minimum absolute atomic E-state index is 0.00332. The molecule has 0 N–H and O–H groups in total. The number of amides is 1. The number of rotatable bonds is 3. The zero-order valence-electron chi connectivity index (χ0n) is 19.6. The molecule has 4 heteroatoms. The second-order valence-corrected chi connectivity index (χ2v) is 9.08. The van der Waals surface area contributed by atoms with Gasteiger partial charge in [0.15, 0.2) is 0 Å². The van der Waals surface area contributed by atoms with Crippen LogP contribution in [0.25, 0.3) is 22.2 Å². The highest BCUT2D eigenvalue weighted by Gasteiger charge is 2.33. The van der Waals surface area contributed by atoms with Crippen molar-refractivity contribution in [2.45, 2.75) is 19.4 Å². The van der Waals surface area contributed by atoms with Crippen LogP contribution in [-0.4, -0.2) is 27.3 Å². The predicted molar refractivity (Wildman–Crippen MR) is 139 cm³/mol. The molecular formula is C31H25N3O. The third-order valence-electron chi connectivity index (χ3n) is 6.81. The Bertz CT molecular complexity index is 1540. The average molecular weight is 456 g/mol. The van der Waals surface area contributed by atoms with Gasteiger partial charge in [0.05, 0.1) is 22.8 Å². The van der Waals surface area contributed by atoms with Crippen LogP contribution in [0.4, 0.5) is 0 Å². The van der Waals surface area contributed by atoms with Crippen molar-refractivity contribution in [3.8, 4) is 11.3 Å². The lowest BCUT2D eigenvalue weighted by molar-refractivity contribution is 0.0696. The van der Waals surface area contributed by atoms with Gasteiger partial charge in [0.25, 0.3) is 5.91 Å². The molecule has 6 rings (SSSR count). The van der Waals surface area contributed by atoms with E-state index in [4.69, 9.17) is 4.98 Å². The molecule has 4 nitrogen and oxygen atoms in total. The molecule has 0 radical (unpaired) electrons.